The van der Waals surface area contributed by atoms with E-state index in [0.717, 1.165) is 12.0 Å². The minimum Gasteiger partial charge on any atom is -0.347 e. The third-order valence-corrected chi connectivity index (χ3v) is 2.41. The maximum atomic E-state index is 11.3. The first-order valence-electron chi connectivity index (χ1n) is 5.94. The second kappa shape index (κ2) is 5.95. The number of nitrogens with zero attached hydrogens (tertiary/aromatic N) is 2. The molecule has 0 fully saturated rings. The van der Waals surface area contributed by atoms with E-state index in [9.17, 15) is 4.79 Å². The maximum absolute atomic E-state index is 11.3. The summed E-state index contributed by atoms with van der Waals surface area (Å²) < 4.78 is 5.07. The standard InChI is InChI=1S/C13H15N3O2/c1-2-6-11(17)14-9-12-15-13(16-18-12)10-7-4-3-5-8-10/h3-5,7-8H,2,6,9H2,1H3,(H,14,17). The first kappa shape index (κ1) is 12.3. The molecule has 1 aromatic carbocycles. The van der Waals surface area contributed by atoms with Gasteiger partial charge in [0.2, 0.25) is 17.6 Å². The lowest BCUT2D eigenvalue weighted by atomic mass is 10.2. The van der Waals surface area contributed by atoms with Crippen LogP contribution in [-0.2, 0) is 11.3 Å². The molecule has 0 saturated heterocycles. The van der Waals surface area contributed by atoms with Gasteiger partial charge < -0.3 is 9.84 Å². The molecular formula is C13H15N3O2. The van der Waals surface area contributed by atoms with Crippen molar-refractivity contribution in [2.45, 2.75) is 26.3 Å². The Hall–Kier alpha value is -2.17. The van der Waals surface area contributed by atoms with Crippen LogP contribution < -0.4 is 5.32 Å². The second-order valence-electron chi connectivity index (χ2n) is 3.90. The predicted octanol–water partition coefficient (Wildman–Crippen LogP) is 2.15. The fraction of sp³-hybridized carbons (Fsp3) is 0.308. The summed E-state index contributed by atoms with van der Waals surface area (Å²) in [6.07, 6.45) is 1.34. The lowest BCUT2D eigenvalue weighted by molar-refractivity contribution is -0.121. The molecule has 0 radical (unpaired) electrons. The van der Waals surface area contributed by atoms with Crippen molar-refractivity contribution in [2.75, 3.05) is 0 Å². The zero-order valence-electron chi connectivity index (χ0n) is 10.2. The van der Waals surface area contributed by atoms with Crippen molar-refractivity contribution >= 4 is 5.91 Å². The molecule has 18 heavy (non-hydrogen) atoms. The van der Waals surface area contributed by atoms with Gasteiger partial charge in [0.15, 0.2) is 0 Å². The summed E-state index contributed by atoms with van der Waals surface area (Å²) in [5.74, 6) is 0.950. The lowest BCUT2D eigenvalue weighted by Gasteiger charge is -1.98. The minimum absolute atomic E-state index is 0.00281. The zero-order valence-corrected chi connectivity index (χ0v) is 10.2. The molecule has 0 saturated carbocycles. The number of aromatic nitrogens is 2. The molecule has 5 nitrogen and oxygen atoms in total. The molecule has 1 heterocycles. The summed E-state index contributed by atoms with van der Waals surface area (Å²) in [5.41, 5.74) is 0.896. The summed E-state index contributed by atoms with van der Waals surface area (Å²) in [6, 6.07) is 9.56. The van der Waals surface area contributed by atoms with E-state index in [1.54, 1.807) is 0 Å². The van der Waals surface area contributed by atoms with Crippen molar-refractivity contribution in [2.24, 2.45) is 0 Å². The average Bonchev–Trinajstić information content (AvgIpc) is 2.87. The lowest BCUT2D eigenvalue weighted by Crippen LogP contribution is -2.22. The van der Waals surface area contributed by atoms with Crippen molar-refractivity contribution < 1.29 is 9.32 Å². The van der Waals surface area contributed by atoms with Gasteiger partial charge in [-0.3, -0.25) is 4.79 Å². The highest BCUT2D eigenvalue weighted by molar-refractivity contribution is 5.75. The molecule has 0 bridgehead atoms. The molecular weight excluding hydrogens is 230 g/mol. The van der Waals surface area contributed by atoms with Gasteiger partial charge in [-0.2, -0.15) is 4.98 Å². The van der Waals surface area contributed by atoms with Crippen molar-refractivity contribution in [1.82, 2.24) is 15.5 Å². The Balaban J connectivity index is 1.97. The number of carbonyl (C=O) groups is 1. The quantitative estimate of drug-likeness (QED) is 0.876. The van der Waals surface area contributed by atoms with Gasteiger partial charge in [0.25, 0.3) is 0 Å². The van der Waals surface area contributed by atoms with Crippen LogP contribution in [0.2, 0.25) is 0 Å². The van der Waals surface area contributed by atoms with Gasteiger partial charge in [-0.25, -0.2) is 0 Å². The van der Waals surface area contributed by atoms with Gasteiger partial charge in [-0.15, -0.1) is 0 Å². The maximum Gasteiger partial charge on any atom is 0.246 e. The van der Waals surface area contributed by atoms with E-state index in [-0.39, 0.29) is 12.5 Å². The van der Waals surface area contributed by atoms with Gasteiger partial charge in [-0.1, -0.05) is 42.4 Å². The van der Waals surface area contributed by atoms with Crippen molar-refractivity contribution in [3.63, 3.8) is 0 Å². The van der Waals surface area contributed by atoms with E-state index in [4.69, 9.17) is 4.52 Å². The van der Waals surface area contributed by atoms with Crippen LogP contribution in [0.15, 0.2) is 34.9 Å². The molecule has 1 N–H and O–H groups in total. The number of nitrogens with one attached hydrogen (secondary N) is 1. The molecule has 0 aliphatic heterocycles. The number of rotatable bonds is 5. The topological polar surface area (TPSA) is 68.0 Å². The number of benzene rings is 1. The normalized spacial score (nSPS) is 10.3. The monoisotopic (exact) mass is 245 g/mol. The summed E-state index contributed by atoms with van der Waals surface area (Å²) in [5, 5.41) is 6.60. The predicted molar refractivity (Wildman–Crippen MR) is 66.5 cm³/mol. The molecule has 0 aliphatic carbocycles. The van der Waals surface area contributed by atoms with E-state index in [2.05, 4.69) is 15.5 Å². The van der Waals surface area contributed by atoms with Crippen LogP contribution >= 0.6 is 0 Å². The van der Waals surface area contributed by atoms with E-state index in [1.807, 2.05) is 37.3 Å². The highest BCUT2D eigenvalue weighted by Crippen LogP contribution is 2.14. The SMILES string of the molecule is CCCC(=O)NCc1nc(-c2ccccc2)no1. The highest BCUT2D eigenvalue weighted by Gasteiger charge is 2.08. The fourth-order valence-electron chi connectivity index (χ4n) is 1.52. The summed E-state index contributed by atoms with van der Waals surface area (Å²) in [4.78, 5) is 15.5. The second-order valence-corrected chi connectivity index (χ2v) is 3.90. The van der Waals surface area contributed by atoms with Gasteiger partial charge in [-0.05, 0) is 6.42 Å². The van der Waals surface area contributed by atoms with Crippen molar-refractivity contribution in [1.29, 1.82) is 0 Å². The third-order valence-electron chi connectivity index (χ3n) is 2.41. The molecule has 0 atom stereocenters. The number of amides is 1. The molecule has 1 aromatic heterocycles. The minimum atomic E-state index is -0.00281. The Morgan fingerprint density at radius 2 is 2.11 bits per heavy atom. The van der Waals surface area contributed by atoms with Crippen molar-refractivity contribution in [3.05, 3.63) is 36.2 Å². The largest absolute Gasteiger partial charge is 0.347 e. The number of hydrogen-bond acceptors (Lipinski definition) is 4. The fourth-order valence-corrected chi connectivity index (χ4v) is 1.52. The summed E-state index contributed by atoms with van der Waals surface area (Å²) >= 11 is 0. The van der Waals surface area contributed by atoms with Crippen LogP contribution in [0.25, 0.3) is 11.4 Å². The Labute approximate surface area is 105 Å². The van der Waals surface area contributed by atoms with Gasteiger partial charge in [0.05, 0.1) is 6.54 Å². The molecule has 5 heteroatoms. The number of hydrogen-bond donors (Lipinski definition) is 1. The highest BCUT2D eigenvalue weighted by atomic mass is 16.5. The van der Waals surface area contributed by atoms with Crippen molar-refractivity contribution in [3.8, 4) is 11.4 Å². The molecule has 0 spiro atoms. The summed E-state index contributed by atoms with van der Waals surface area (Å²) in [7, 11) is 0. The summed E-state index contributed by atoms with van der Waals surface area (Å²) in [6.45, 7) is 2.23. The van der Waals surface area contributed by atoms with E-state index < -0.39 is 0 Å². The molecule has 0 unspecified atom stereocenters. The Kier molecular flexibility index (Phi) is 4.06. The average molecular weight is 245 g/mol. The Morgan fingerprint density at radius 3 is 2.83 bits per heavy atom. The van der Waals surface area contributed by atoms with Crippen LogP contribution in [-0.4, -0.2) is 16.0 Å². The van der Waals surface area contributed by atoms with Gasteiger partial charge in [0, 0.05) is 12.0 Å². The zero-order chi connectivity index (χ0) is 12.8. The number of carbonyl (C=O) groups excluding carboxylic acids is 1. The first-order chi connectivity index (χ1) is 8.79. The van der Waals surface area contributed by atoms with Crippen LogP contribution in [0.1, 0.15) is 25.7 Å². The van der Waals surface area contributed by atoms with E-state index in [0.29, 0.717) is 18.1 Å². The Bertz CT molecular complexity index is 508. The molecule has 2 rings (SSSR count). The van der Waals surface area contributed by atoms with Gasteiger partial charge in [0.1, 0.15) is 0 Å². The van der Waals surface area contributed by atoms with Gasteiger partial charge >= 0.3 is 0 Å². The van der Waals surface area contributed by atoms with Crippen LogP contribution in [0.3, 0.4) is 0 Å². The third kappa shape index (κ3) is 3.16. The molecule has 1 amide bonds. The van der Waals surface area contributed by atoms with Crippen LogP contribution in [0, 0.1) is 0 Å². The molecule has 0 aliphatic rings. The van der Waals surface area contributed by atoms with Crippen LogP contribution in [0.5, 0.6) is 0 Å². The van der Waals surface area contributed by atoms with Crippen LogP contribution in [0.4, 0.5) is 0 Å². The Morgan fingerprint density at radius 1 is 1.33 bits per heavy atom. The first-order valence-corrected chi connectivity index (χ1v) is 5.94. The smallest absolute Gasteiger partial charge is 0.246 e. The molecule has 94 valence electrons. The molecule has 2 aromatic rings. The van der Waals surface area contributed by atoms with E-state index in [1.165, 1.54) is 0 Å². The van der Waals surface area contributed by atoms with E-state index >= 15 is 0 Å².